The number of aliphatic hydroxyl groups excluding tert-OH is 3. The van der Waals surface area contributed by atoms with E-state index in [1.54, 1.807) is 0 Å². The molecule has 1 aliphatic heterocycles. The third-order valence-electron chi connectivity index (χ3n) is 2.53. The second-order valence-electron chi connectivity index (χ2n) is 3.73. The normalized spacial score (nSPS) is 36.3. The Kier molecular flexibility index (Phi) is 4.46. The quantitative estimate of drug-likeness (QED) is 0.434. The van der Waals surface area contributed by atoms with Gasteiger partial charge in [-0.2, -0.15) is 0 Å². The SMILES string of the molecule is CC(=O)NC[C@@H]1COC(CO)[C@H](O)[C@@H]1O. The fourth-order valence-corrected chi connectivity index (χ4v) is 1.56. The number of rotatable bonds is 3. The van der Waals surface area contributed by atoms with Crippen molar-refractivity contribution in [2.45, 2.75) is 25.2 Å². The molecule has 0 radical (unpaired) electrons. The van der Waals surface area contributed by atoms with E-state index in [1.807, 2.05) is 0 Å². The largest absolute Gasteiger partial charge is 0.394 e. The Hall–Kier alpha value is -0.690. The van der Waals surface area contributed by atoms with E-state index in [9.17, 15) is 15.0 Å². The van der Waals surface area contributed by atoms with E-state index in [-0.39, 0.29) is 31.6 Å². The summed E-state index contributed by atoms with van der Waals surface area (Å²) in [7, 11) is 0. The van der Waals surface area contributed by atoms with Crippen LogP contribution in [-0.4, -0.2) is 59.3 Å². The average Bonchev–Trinajstić information content (AvgIpc) is 2.20. The Labute approximate surface area is 87.9 Å². The molecule has 1 fully saturated rings. The second-order valence-corrected chi connectivity index (χ2v) is 3.73. The first kappa shape index (κ1) is 12.4. The minimum Gasteiger partial charge on any atom is -0.394 e. The molecule has 0 aromatic carbocycles. The maximum atomic E-state index is 10.7. The molecule has 1 unspecified atom stereocenters. The summed E-state index contributed by atoms with van der Waals surface area (Å²) in [4.78, 5) is 10.7. The third-order valence-corrected chi connectivity index (χ3v) is 2.53. The smallest absolute Gasteiger partial charge is 0.216 e. The number of hydrogen-bond donors (Lipinski definition) is 4. The third kappa shape index (κ3) is 3.13. The molecule has 0 aromatic rings. The fraction of sp³-hybridized carbons (Fsp3) is 0.889. The van der Waals surface area contributed by atoms with E-state index in [0.29, 0.717) is 0 Å². The van der Waals surface area contributed by atoms with Crippen LogP contribution in [0.4, 0.5) is 0 Å². The highest BCUT2D eigenvalue weighted by Gasteiger charge is 2.37. The highest BCUT2D eigenvalue weighted by atomic mass is 16.5. The molecule has 1 aliphatic rings. The molecule has 0 bridgehead atoms. The van der Waals surface area contributed by atoms with Crippen molar-refractivity contribution in [3.05, 3.63) is 0 Å². The zero-order valence-electron chi connectivity index (χ0n) is 8.59. The van der Waals surface area contributed by atoms with Crippen molar-refractivity contribution in [2.75, 3.05) is 19.8 Å². The number of nitrogens with one attached hydrogen (secondary N) is 1. The summed E-state index contributed by atoms with van der Waals surface area (Å²) in [6, 6.07) is 0. The van der Waals surface area contributed by atoms with Gasteiger partial charge in [0.15, 0.2) is 0 Å². The van der Waals surface area contributed by atoms with Crippen molar-refractivity contribution in [3.63, 3.8) is 0 Å². The predicted octanol–water partition coefficient (Wildman–Crippen LogP) is -2.15. The van der Waals surface area contributed by atoms with Gasteiger partial charge in [0.1, 0.15) is 12.2 Å². The van der Waals surface area contributed by atoms with Gasteiger partial charge in [0.2, 0.25) is 5.91 Å². The van der Waals surface area contributed by atoms with Crippen molar-refractivity contribution >= 4 is 5.91 Å². The van der Waals surface area contributed by atoms with E-state index in [1.165, 1.54) is 6.92 Å². The summed E-state index contributed by atoms with van der Waals surface area (Å²) in [6.07, 6.45) is -2.83. The van der Waals surface area contributed by atoms with Crippen molar-refractivity contribution in [2.24, 2.45) is 5.92 Å². The van der Waals surface area contributed by atoms with Gasteiger partial charge in [-0.1, -0.05) is 0 Å². The van der Waals surface area contributed by atoms with Crippen LogP contribution in [0.1, 0.15) is 6.92 Å². The van der Waals surface area contributed by atoms with E-state index < -0.39 is 18.3 Å². The van der Waals surface area contributed by atoms with Crippen molar-refractivity contribution in [1.82, 2.24) is 5.32 Å². The van der Waals surface area contributed by atoms with Crippen LogP contribution in [0, 0.1) is 5.92 Å². The Morgan fingerprint density at radius 1 is 1.47 bits per heavy atom. The van der Waals surface area contributed by atoms with Crippen LogP contribution in [0.5, 0.6) is 0 Å². The molecule has 4 N–H and O–H groups in total. The average molecular weight is 219 g/mol. The van der Waals surface area contributed by atoms with Gasteiger partial charge in [0.05, 0.1) is 19.3 Å². The molecule has 0 spiro atoms. The van der Waals surface area contributed by atoms with Crippen LogP contribution in [0.15, 0.2) is 0 Å². The molecule has 1 saturated heterocycles. The van der Waals surface area contributed by atoms with E-state index in [2.05, 4.69) is 5.32 Å². The van der Waals surface area contributed by atoms with Gasteiger partial charge in [-0.05, 0) is 0 Å². The van der Waals surface area contributed by atoms with Crippen LogP contribution < -0.4 is 5.32 Å². The molecular weight excluding hydrogens is 202 g/mol. The molecule has 4 atom stereocenters. The van der Waals surface area contributed by atoms with E-state index >= 15 is 0 Å². The number of aliphatic hydroxyl groups is 3. The van der Waals surface area contributed by atoms with Crippen LogP contribution in [0.2, 0.25) is 0 Å². The van der Waals surface area contributed by atoms with E-state index in [0.717, 1.165) is 0 Å². The number of carbonyl (C=O) groups excluding carboxylic acids is 1. The maximum absolute atomic E-state index is 10.7. The standard InChI is InChI=1S/C9H17NO5/c1-5(12)10-2-6-4-15-7(3-11)9(14)8(6)13/h6-9,11,13-14H,2-4H2,1H3,(H,10,12)/t6-,7?,8-,9+/m1/s1. The van der Waals surface area contributed by atoms with Gasteiger partial charge < -0.3 is 25.4 Å². The summed E-state index contributed by atoms with van der Waals surface area (Å²) >= 11 is 0. The molecule has 1 amide bonds. The number of ether oxygens (including phenoxy) is 1. The predicted molar refractivity (Wildman–Crippen MR) is 51.0 cm³/mol. The topological polar surface area (TPSA) is 99.0 Å². The Balaban J connectivity index is 2.45. The molecule has 0 aromatic heterocycles. The molecule has 0 saturated carbocycles. The van der Waals surface area contributed by atoms with Gasteiger partial charge >= 0.3 is 0 Å². The fourth-order valence-electron chi connectivity index (χ4n) is 1.56. The van der Waals surface area contributed by atoms with Crippen molar-refractivity contribution in [3.8, 4) is 0 Å². The van der Waals surface area contributed by atoms with Crippen molar-refractivity contribution < 1.29 is 24.9 Å². The van der Waals surface area contributed by atoms with Gasteiger partial charge in [0.25, 0.3) is 0 Å². The zero-order chi connectivity index (χ0) is 11.4. The van der Waals surface area contributed by atoms with Crippen LogP contribution >= 0.6 is 0 Å². The summed E-state index contributed by atoms with van der Waals surface area (Å²) in [5.74, 6) is -0.535. The Bertz CT molecular complexity index is 223. The van der Waals surface area contributed by atoms with Crippen LogP contribution in [0.3, 0.4) is 0 Å². The van der Waals surface area contributed by atoms with Gasteiger partial charge in [0, 0.05) is 19.4 Å². The monoisotopic (exact) mass is 219 g/mol. The molecule has 1 heterocycles. The first-order valence-electron chi connectivity index (χ1n) is 4.89. The Morgan fingerprint density at radius 3 is 2.67 bits per heavy atom. The zero-order valence-corrected chi connectivity index (χ0v) is 8.59. The summed E-state index contributed by atoms with van der Waals surface area (Å²) in [5, 5.41) is 30.5. The molecule has 0 aliphatic carbocycles. The highest BCUT2D eigenvalue weighted by molar-refractivity contribution is 5.72. The van der Waals surface area contributed by atoms with Gasteiger partial charge in [-0.3, -0.25) is 4.79 Å². The van der Waals surface area contributed by atoms with Crippen LogP contribution in [-0.2, 0) is 9.53 Å². The molecule has 88 valence electrons. The maximum Gasteiger partial charge on any atom is 0.216 e. The Morgan fingerprint density at radius 2 is 2.13 bits per heavy atom. The minimum atomic E-state index is -1.11. The lowest BCUT2D eigenvalue weighted by Gasteiger charge is -2.36. The number of hydrogen-bond acceptors (Lipinski definition) is 5. The lowest BCUT2D eigenvalue weighted by atomic mass is 9.92. The minimum absolute atomic E-state index is 0.194. The number of amides is 1. The van der Waals surface area contributed by atoms with Crippen molar-refractivity contribution in [1.29, 1.82) is 0 Å². The molecule has 1 rings (SSSR count). The molecule has 6 heteroatoms. The summed E-state index contributed by atoms with van der Waals surface area (Å²) < 4.78 is 5.14. The highest BCUT2D eigenvalue weighted by Crippen LogP contribution is 2.19. The lowest BCUT2D eigenvalue weighted by Crippen LogP contribution is -2.54. The van der Waals surface area contributed by atoms with Gasteiger partial charge in [-0.15, -0.1) is 0 Å². The summed E-state index contributed by atoms with van der Waals surface area (Å²) in [6.45, 7) is 1.52. The molecule has 6 nitrogen and oxygen atoms in total. The first-order chi connectivity index (χ1) is 7.06. The van der Waals surface area contributed by atoms with E-state index in [4.69, 9.17) is 9.84 Å². The summed E-state index contributed by atoms with van der Waals surface area (Å²) in [5.41, 5.74) is 0. The number of carbonyl (C=O) groups is 1. The molecular formula is C9H17NO5. The molecule has 15 heavy (non-hydrogen) atoms. The second kappa shape index (κ2) is 5.41. The first-order valence-corrected chi connectivity index (χ1v) is 4.89. The van der Waals surface area contributed by atoms with Crippen LogP contribution in [0.25, 0.3) is 0 Å². The lowest BCUT2D eigenvalue weighted by molar-refractivity contribution is -0.173. The van der Waals surface area contributed by atoms with Gasteiger partial charge in [-0.25, -0.2) is 0 Å².